The lowest BCUT2D eigenvalue weighted by Gasteiger charge is -2.13. The maximum Gasteiger partial charge on any atom is 0.402 e. The van der Waals surface area contributed by atoms with E-state index in [1.54, 1.807) is 18.2 Å². The van der Waals surface area contributed by atoms with Crippen LogP contribution in [-0.2, 0) is 35.3 Å². The molecule has 3 rings (SSSR count). The Balaban J connectivity index is 1.66. The van der Waals surface area contributed by atoms with Gasteiger partial charge in [-0.15, -0.1) is 0 Å². The van der Waals surface area contributed by atoms with Crippen LogP contribution in [0.4, 0.5) is 8.78 Å². The van der Waals surface area contributed by atoms with Crippen LogP contribution >= 0.6 is 0 Å². The number of alkyl halides is 2. The second kappa shape index (κ2) is 11.4. The van der Waals surface area contributed by atoms with Crippen LogP contribution in [0.3, 0.4) is 0 Å². The van der Waals surface area contributed by atoms with Crippen LogP contribution in [-0.4, -0.2) is 43.4 Å². The van der Waals surface area contributed by atoms with Crippen molar-refractivity contribution in [2.24, 2.45) is 0 Å². The third-order valence-electron chi connectivity index (χ3n) is 4.58. The molecule has 0 aliphatic heterocycles. The molecule has 0 radical (unpaired) electrons. The molecule has 3 aromatic carbocycles. The van der Waals surface area contributed by atoms with E-state index in [0.29, 0.717) is 0 Å². The van der Waals surface area contributed by atoms with E-state index in [4.69, 9.17) is 9.29 Å². The highest BCUT2D eigenvalue weighted by atomic mass is 32.2. The van der Waals surface area contributed by atoms with E-state index in [0.717, 1.165) is 14.7 Å². The van der Waals surface area contributed by atoms with Gasteiger partial charge in [0.15, 0.2) is 21.3 Å². The molecule has 7 nitrogen and oxygen atoms in total. The van der Waals surface area contributed by atoms with Gasteiger partial charge in [0, 0.05) is 6.07 Å². The number of halogens is 2. The molecule has 184 valence electrons. The molecular weight excluding hydrogens is 502 g/mol. The van der Waals surface area contributed by atoms with Crippen molar-refractivity contribution in [3.63, 3.8) is 0 Å². The summed E-state index contributed by atoms with van der Waals surface area (Å²) in [7, 11) is -6.21. The zero-order valence-electron chi connectivity index (χ0n) is 18.2. The van der Waals surface area contributed by atoms with Gasteiger partial charge in [-0.1, -0.05) is 42.5 Å². The Bertz CT molecular complexity index is 1230. The van der Waals surface area contributed by atoms with E-state index in [9.17, 15) is 26.8 Å². The van der Waals surface area contributed by atoms with Crippen LogP contribution in [0.2, 0.25) is 0 Å². The number of carbonyl (C=O) groups excluding carboxylic acids is 2. The van der Waals surface area contributed by atoms with Crippen LogP contribution in [0.15, 0.2) is 99.6 Å². The lowest BCUT2D eigenvalue weighted by Crippen LogP contribution is -2.34. The largest absolute Gasteiger partial charge is 0.461 e. The zero-order valence-corrected chi connectivity index (χ0v) is 19.8. The van der Waals surface area contributed by atoms with Crippen molar-refractivity contribution in [3.05, 3.63) is 90.5 Å². The van der Waals surface area contributed by atoms with Gasteiger partial charge in [0.05, 0.1) is 22.9 Å². The van der Waals surface area contributed by atoms with E-state index in [1.165, 1.54) is 0 Å². The molecule has 0 fully saturated rings. The average molecular weight is 524 g/mol. The van der Waals surface area contributed by atoms with Gasteiger partial charge in [-0.2, -0.15) is 17.2 Å². The molecule has 0 spiro atoms. The summed E-state index contributed by atoms with van der Waals surface area (Å²) in [5.41, 5.74) is 0.234. The summed E-state index contributed by atoms with van der Waals surface area (Å²) >= 11 is 0. The molecule has 0 aliphatic carbocycles. The van der Waals surface area contributed by atoms with Gasteiger partial charge in [-0.3, -0.25) is 9.35 Å². The Hall–Kier alpha value is -3.28. The van der Waals surface area contributed by atoms with Gasteiger partial charge in [0.2, 0.25) is 0 Å². The Kier molecular flexibility index (Phi) is 8.60. The van der Waals surface area contributed by atoms with Gasteiger partial charge in [0.1, 0.15) is 6.61 Å². The second-order valence-corrected chi connectivity index (χ2v) is 10.7. The topological polar surface area (TPSA) is 107 Å². The highest BCUT2D eigenvalue weighted by Crippen LogP contribution is 2.31. The number of esters is 2. The Morgan fingerprint density at radius 3 is 1.91 bits per heavy atom. The fourth-order valence-corrected chi connectivity index (χ4v) is 5.24. The standard InChI is InChI=1S/C24H20F2O7S2/c25-24(26,35(29,30)31)17-33-22(27)14-15-32-23(28)18-8-7-13-21(16-18)34(19-9-3-1-4-10-19)20-11-5-2-6-12-20/h1-13,16H,14-15,17H2/p+1. The summed E-state index contributed by atoms with van der Waals surface area (Å²) in [6, 6.07) is 26.4. The normalized spacial score (nSPS) is 11.8. The van der Waals surface area contributed by atoms with Gasteiger partial charge in [-0.25, -0.2) is 4.79 Å². The van der Waals surface area contributed by atoms with Gasteiger partial charge >= 0.3 is 27.3 Å². The minimum Gasteiger partial charge on any atom is -0.461 e. The Morgan fingerprint density at radius 1 is 0.829 bits per heavy atom. The third-order valence-corrected chi connectivity index (χ3v) is 7.67. The van der Waals surface area contributed by atoms with E-state index in [1.807, 2.05) is 66.7 Å². The predicted molar refractivity (Wildman–Crippen MR) is 124 cm³/mol. The number of hydrogen-bond acceptors (Lipinski definition) is 6. The maximum absolute atomic E-state index is 13.1. The number of benzene rings is 3. The summed E-state index contributed by atoms with van der Waals surface area (Å²) in [4.78, 5) is 27.1. The number of hydrogen-bond donors (Lipinski definition) is 1. The zero-order chi connectivity index (χ0) is 25.5. The molecular formula is C24H21F2O7S2+. The first-order valence-electron chi connectivity index (χ1n) is 10.2. The van der Waals surface area contributed by atoms with E-state index < -0.39 is 57.8 Å². The summed E-state index contributed by atoms with van der Waals surface area (Å²) in [6.07, 6.45) is -0.578. The molecule has 0 unspecified atom stereocenters. The molecule has 11 heteroatoms. The highest BCUT2D eigenvalue weighted by Gasteiger charge is 2.45. The first-order valence-corrected chi connectivity index (χ1v) is 12.9. The number of carbonyl (C=O) groups is 2. The van der Waals surface area contributed by atoms with Crippen molar-refractivity contribution < 1.29 is 40.8 Å². The van der Waals surface area contributed by atoms with Crippen LogP contribution in [0.25, 0.3) is 0 Å². The van der Waals surface area contributed by atoms with Crippen LogP contribution in [0.1, 0.15) is 16.8 Å². The molecule has 0 atom stereocenters. The first-order chi connectivity index (χ1) is 16.6. The lowest BCUT2D eigenvalue weighted by molar-refractivity contribution is -0.150. The SMILES string of the molecule is O=C(CCOC(=O)c1cccc([S+](c2ccccc2)c2ccccc2)c1)OCC(F)(F)S(=O)(=O)O. The molecule has 0 amide bonds. The average Bonchev–Trinajstić information content (AvgIpc) is 2.84. The highest BCUT2D eigenvalue weighted by molar-refractivity contribution is 7.97. The fraction of sp³-hybridized carbons (Fsp3) is 0.167. The smallest absolute Gasteiger partial charge is 0.402 e. The quantitative estimate of drug-likeness (QED) is 0.239. The molecule has 3 aromatic rings. The third kappa shape index (κ3) is 7.10. The van der Waals surface area contributed by atoms with E-state index in [-0.39, 0.29) is 5.56 Å². The molecule has 0 aliphatic rings. The first kappa shape index (κ1) is 26.3. The molecule has 0 heterocycles. The fourth-order valence-electron chi connectivity index (χ4n) is 2.89. The van der Waals surface area contributed by atoms with Crippen LogP contribution < -0.4 is 0 Å². The summed E-state index contributed by atoms with van der Waals surface area (Å²) in [5.74, 6) is -1.95. The second-order valence-electron chi connectivity index (χ2n) is 7.12. The van der Waals surface area contributed by atoms with Crippen molar-refractivity contribution in [3.8, 4) is 0 Å². The Morgan fingerprint density at radius 2 is 1.37 bits per heavy atom. The predicted octanol–water partition coefficient (Wildman–Crippen LogP) is 4.35. The van der Waals surface area contributed by atoms with Crippen LogP contribution in [0, 0.1) is 0 Å². The minimum absolute atomic E-state index is 0.234. The van der Waals surface area contributed by atoms with Gasteiger partial charge < -0.3 is 9.47 Å². The van der Waals surface area contributed by atoms with Crippen molar-refractivity contribution in [2.45, 2.75) is 26.4 Å². The van der Waals surface area contributed by atoms with Crippen molar-refractivity contribution in [2.75, 3.05) is 13.2 Å². The van der Waals surface area contributed by atoms with Crippen molar-refractivity contribution in [1.82, 2.24) is 0 Å². The van der Waals surface area contributed by atoms with Gasteiger partial charge in [-0.05, 0) is 36.4 Å². The van der Waals surface area contributed by atoms with Gasteiger partial charge in [0.25, 0.3) is 0 Å². The molecule has 0 bridgehead atoms. The van der Waals surface area contributed by atoms with Crippen molar-refractivity contribution in [1.29, 1.82) is 0 Å². The van der Waals surface area contributed by atoms with Crippen molar-refractivity contribution >= 4 is 33.0 Å². The summed E-state index contributed by atoms with van der Waals surface area (Å²) < 4.78 is 64.9. The summed E-state index contributed by atoms with van der Waals surface area (Å²) in [6.45, 7) is -2.32. The minimum atomic E-state index is -5.71. The molecule has 0 aromatic heterocycles. The summed E-state index contributed by atoms with van der Waals surface area (Å²) in [5, 5.41) is -4.63. The number of rotatable bonds is 10. The molecule has 35 heavy (non-hydrogen) atoms. The lowest BCUT2D eigenvalue weighted by atomic mass is 10.2. The van der Waals surface area contributed by atoms with E-state index in [2.05, 4.69) is 4.74 Å². The molecule has 0 saturated carbocycles. The van der Waals surface area contributed by atoms with E-state index >= 15 is 0 Å². The maximum atomic E-state index is 13.1. The van der Waals surface area contributed by atoms with Crippen LogP contribution in [0.5, 0.6) is 0 Å². The molecule has 0 saturated heterocycles. The molecule has 1 N–H and O–H groups in total. The number of ether oxygens (including phenoxy) is 2. The monoisotopic (exact) mass is 523 g/mol. The Labute approximate surface area is 203 Å².